The molecule has 0 N–H and O–H groups in total. The molecule has 2 aromatic heterocycles. The zero-order valence-electron chi connectivity index (χ0n) is 5.96. The molecular weight excluding hydrogens is 128 g/mol. The Morgan fingerprint density at radius 2 is 2.40 bits per heavy atom. The lowest BCUT2D eigenvalue weighted by molar-refractivity contribution is 0.581. The van der Waals surface area contributed by atoms with Crippen molar-refractivity contribution in [1.82, 2.24) is 9.55 Å². The Morgan fingerprint density at radius 3 is 3.10 bits per heavy atom. The van der Waals surface area contributed by atoms with Crippen LogP contribution >= 0.6 is 0 Å². The first kappa shape index (κ1) is 5.53. The molecule has 0 amide bonds. The van der Waals surface area contributed by atoms with E-state index in [9.17, 15) is 0 Å². The second-order valence-corrected chi connectivity index (χ2v) is 2.33. The van der Waals surface area contributed by atoms with Gasteiger partial charge in [0.2, 0.25) is 5.71 Å². The third kappa shape index (κ3) is 0.518. The number of fused-ring (bicyclic) bond motifs is 1. The maximum atomic E-state index is 5.17. The number of hydrogen-bond donors (Lipinski definition) is 0. The Hall–Kier alpha value is -1.25. The van der Waals surface area contributed by atoms with E-state index in [2.05, 4.69) is 4.98 Å². The molecule has 0 saturated heterocycles. The minimum atomic E-state index is 0.845. The van der Waals surface area contributed by atoms with Crippen LogP contribution in [0.25, 0.3) is 11.2 Å². The first-order chi connectivity index (χ1) is 4.79. The van der Waals surface area contributed by atoms with E-state index in [1.165, 1.54) is 0 Å². The number of rotatable bonds is 0. The van der Waals surface area contributed by atoms with Crippen LogP contribution in [0.4, 0.5) is 0 Å². The molecule has 0 aromatic carbocycles. The Labute approximate surface area is 58.3 Å². The Morgan fingerprint density at radius 1 is 1.60 bits per heavy atom. The van der Waals surface area contributed by atoms with E-state index >= 15 is 0 Å². The summed E-state index contributed by atoms with van der Waals surface area (Å²) in [6, 6.07) is 1.86. The van der Waals surface area contributed by atoms with Gasteiger partial charge in [-0.15, -0.1) is 0 Å². The molecule has 3 heteroatoms. The van der Waals surface area contributed by atoms with Crippen LogP contribution in [0.15, 0.2) is 16.7 Å². The van der Waals surface area contributed by atoms with E-state index in [4.69, 9.17) is 4.42 Å². The third-order valence-electron chi connectivity index (χ3n) is 1.70. The zero-order chi connectivity index (χ0) is 7.14. The summed E-state index contributed by atoms with van der Waals surface area (Å²) < 4.78 is 7.10. The number of aromatic nitrogens is 2. The smallest absolute Gasteiger partial charge is 0.226 e. The fourth-order valence-corrected chi connectivity index (χ4v) is 1.03. The maximum Gasteiger partial charge on any atom is 0.226 e. The Bertz CT molecular complexity index is 358. The van der Waals surface area contributed by atoms with Crippen molar-refractivity contribution in [2.75, 3.05) is 0 Å². The lowest BCUT2D eigenvalue weighted by Gasteiger charge is -1.90. The van der Waals surface area contributed by atoms with Crippen LogP contribution in [0.1, 0.15) is 5.82 Å². The largest absolute Gasteiger partial charge is 0.446 e. The summed E-state index contributed by atoms with van der Waals surface area (Å²) in [7, 11) is 1.94. The lowest BCUT2D eigenvalue weighted by atomic mass is 10.6. The van der Waals surface area contributed by atoms with Crippen LogP contribution in [0.5, 0.6) is 0 Å². The molecule has 0 saturated carbocycles. The van der Waals surface area contributed by atoms with E-state index in [-0.39, 0.29) is 0 Å². The van der Waals surface area contributed by atoms with Crippen molar-refractivity contribution in [3.8, 4) is 0 Å². The van der Waals surface area contributed by atoms with Gasteiger partial charge in [-0.25, -0.2) is 4.98 Å². The molecule has 0 aliphatic heterocycles. The topological polar surface area (TPSA) is 31.0 Å². The number of hydrogen-bond acceptors (Lipinski definition) is 2. The summed E-state index contributed by atoms with van der Waals surface area (Å²) in [4.78, 5) is 4.24. The predicted octanol–water partition coefficient (Wildman–Crippen LogP) is 1.47. The first-order valence-electron chi connectivity index (χ1n) is 3.15. The van der Waals surface area contributed by atoms with Gasteiger partial charge in [0.25, 0.3) is 0 Å². The lowest BCUT2D eigenvalue weighted by Crippen LogP contribution is -1.89. The highest BCUT2D eigenvalue weighted by molar-refractivity contribution is 5.69. The molecule has 2 rings (SSSR count). The number of nitrogens with zero attached hydrogens (tertiary/aromatic N) is 2. The van der Waals surface area contributed by atoms with Gasteiger partial charge in [0, 0.05) is 13.1 Å². The van der Waals surface area contributed by atoms with Gasteiger partial charge in [0.05, 0.1) is 6.26 Å². The molecule has 0 aliphatic carbocycles. The van der Waals surface area contributed by atoms with E-state index in [1.54, 1.807) is 6.26 Å². The van der Waals surface area contributed by atoms with Gasteiger partial charge in [-0.05, 0) is 6.92 Å². The standard InChI is InChI=1S/C7H8N2O/c1-5-8-6-3-4-10-7(6)9(5)2/h3-4H,1-2H3. The molecule has 0 radical (unpaired) electrons. The molecule has 52 valence electrons. The van der Waals surface area contributed by atoms with Crippen molar-refractivity contribution in [3.63, 3.8) is 0 Å². The van der Waals surface area contributed by atoms with E-state index in [0.717, 1.165) is 17.1 Å². The monoisotopic (exact) mass is 136 g/mol. The summed E-state index contributed by atoms with van der Waals surface area (Å²) in [5.74, 6) is 0.981. The third-order valence-corrected chi connectivity index (χ3v) is 1.70. The SMILES string of the molecule is Cc1nc2ccoc2n1C. The molecule has 3 nitrogen and oxygen atoms in total. The van der Waals surface area contributed by atoms with Crippen molar-refractivity contribution < 1.29 is 4.42 Å². The Balaban J connectivity index is 2.95. The minimum absolute atomic E-state index is 0.845. The number of imidazole rings is 1. The van der Waals surface area contributed by atoms with Crippen LogP contribution in [-0.2, 0) is 7.05 Å². The molecule has 10 heavy (non-hydrogen) atoms. The molecule has 0 atom stereocenters. The van der Waals surface area contributed by atoms with E-state index in [0.29, 0.717) is 0 Å². The van der Waals surface area contributed by atoms with Gasteiger partial charge in [-0.1, -0.05) is 0 Å². The van der Waals surface area contributed by atoms with Crippen LogP contribution in [-0.4, -0.2) is 9.55 Å². The molecule has 2 aromatic rings. The molecule has 0 aliphatic rings. The maximum absolute atomic E-state index is 5.17. The highest BCUT2D eigenvalue weighted by atomic mass is 16.3. The summed E-state index contributed by atoms with van der Waals surface area (Å²) >= 11 is 0. The summed E-state index contributed by atoms with van der Waals surface area (Å²) in [5.41, 5.74) is 1.78. The van der Waals surface area contributed by atoms with Gasteiger partial charge < -0.3 is 8.98 Å². The number of aryl methyl sites for hydroxylation is 2. The van der Waals surface area contributed by atoms with Crippen LogP contribution in [0.2, 0.25) is 0 Å². The highest BCUT2D eigenvalue weighted by Gasteiger charge is 2.04. The quantitative estimate of drug-likeness (QED) is 0.549. The fourth-order valence-electron chi connectivity index (χ4n) is 1.03. The summed E-state index contributed by atoms with van der Waals surface area (Å²) in [6.45, 7) is 1.95. The van der Waals surface area contributed by atoms with E-state index < -0.39 is 0 Å². The second kappa shape index (κ2) is 1.62. The van der Waals surface area contributed by atoms with Crippen molar-refractivity contribution in [2.24, 2.45) is 7.05 Å². The normalized spacial score (nSPS) is 11.0. The first-order valence-corrected chi connectivity index (χ1v) is 3.15. The molecule has 0 fully saturated rings. The summed E-state index contributed by atoms with van der Waals surface area (Å²) in [5, 5.41) is 0. The molecule has 0 bridgehead atoms. The Kier molecular flexibility index (Phi) is 0.897. The minimum Gasteiger partial charge on any atom is -0.446 e. The summed E-state index contributed by atoms with van der Waals surface area (Å²) in [6.07, 6.45) is 1.65. The highest BCUT2D eigenvalue weighted by Crippen LogP contribution is 2.14. The van der Waals surface area contributed by atoms with Gasteiger partial charge in [0.15, 0.2) is 0 Å². The predicted molar refractivity (Wildman–Crippen MR) is 37.7 cm³/mol. The van der Waals surface area contributed by atoms with Crippen molar-refractivity contribution in [1.29, 1.82) is 0 Å². The van der Waals surface area contributed by atoms with Crippen LogP contribution < -0.4 is 0 Å². The van der Waals surface area contributed by atoms with Gasteiger partial charge in [0.1, 0.15) is 11.3 Å². The molecule has 2 heterocycles. The van der Waals surface area contributed by atoms with Gasteiger partial charge in [-0.2, -0.15) is 0 Å². The van der Waals surface area contributed by atoms with E-state index in [1.807, 2.05) is 24.6 Å². The number of furan rings is 1. The van der Waals surface area contributed by atoms with Crippen molar-refractivity contribution >= 4 is 11.2 Å². The fraction of sp³-hybridized carbons (Fsp3) is 0.286. The average Bonchev–Trinajstić information content (AvgIpc) is 2.41. The van der Waals surface area contributed by atoms with Crippen LogP contribution in [0, 0.1) is 6.92 Å². The zero-order valence-corrected chi connectivity index (χ0v) is 5.96. The average molecular weight is 136 g/mol. The van der Waals surface area contributed by atoms with Gasteiger partial charge in [-0.3, -0.25) is 0 Å². The second-order valence-electron chi connectivity index (χ2n) is 2.33. The van der Waals surface area contributed by atoms with Crippen molar-refractivity contribution in [3.05, 3.63) is 18.2 Å². The van der Waals surface area contributed by atoms with Gasteiger partial charge >= 0.3 is 0 Å². The molecular formula is C7H8N2O. The molecule has 0 unspecified atom stereocenters. The molecule has 0 spiro atoms. The van der Waals surface area contributed by atoms with Crippen LogP contribution in [0.3, 0.4) is 0 Å². The van der Waals surface area contributed by atoms with Crippen molar-refractivity contribution in [2.45, 2.75) is 6.92 Å².